The minimum absolute atomic E-state index is 0.00528. The summed E-state index contributed by atoms with van der Waals surface area (Å²) in [6, 6.07) is 9.10. The van der Waals surface area contributed by atoms with E-state index in [1.54, 1.807) is 19.0 Å². The van der Waals surface area contributed by atoms with Gasteiger partial charge in [-0.3, -0.25) is 4.79 Å². The molecule has 1 unspecified atom stereocenters. The number of nitrogens with one attached hydrogen (secondary N) is 2. The van der Waals surface area contributed by atoms with Crippen LogP contribution < -0.4 is 15.5 Å². The molecule has 1 aliphatic heterocycles. The van der Waals surface area contributed by atoms with Gasteiger partial charge in [0.15, 0.2) is 5.96 Å². The zero-order valence-corrected chi connectivity index (χ0v) is 15.2. The Hall–Kier alpha value is -2.24. The second-order valence-electron chi connectivity index (χ2n) is 6.29. The second-order valence-corrected chi connectivity index (χ2v) is 6.29. The lowest BCUT2D eigenvalue weighted by atomic mass is 10.1. The van der Waals surface area contributed by atoms with Crippen LogP contribution in [0.15, 0.2) is 29.3 Å². The maximum atomic E-state index is 11.7. The number of nitrogens with zero attached hydrogens (tertiary/aromatic N) is 3. The summed E-state index contributed by atoms with van der Waals surface area (Å²) in [5, 5.41) is 6.50. The Bertz CT molecular complexity index is 585. The van der Waals surface area contributed by atoms with E-state index < -0.39 is 0 Å². The quantitative estimate of drug-likeness (QED) is 0.605. The summed E-state index contributed by atoms with van der Waals surface area (Å²) in [7, 11) is 3.48. The number of aliphatic imine (C=N–C) groups is 1. The van der Waals surface area contributed by atoms with Crippen molar-refractivity contribution in [1.29, 1.82) is 0 Å². The molecule has 0 saturated heterocycles. The Morgan fingerprint density at radius 1 is 1.33 bits per heavy atom. The van der Waals surface area contributed by atoms with Gasteiger partial charge in [0, 0.05) is 45.5 Å². The van der Waals surface area contributed by atoms with Crippen LogP contribution in [0.25, 0.3) is 0 Å². The summed E-state index contributed by atoms with van der Waals surface area (Å²) in [5.74, 6) is 0.683. The lowest BCUT2D eigenvalue weighted by Gasteiger charge is -2.25. The first-order valence-electron chi connectivity index (χ1n) is 8.59. The van der Waals surface area contributed by atoms with Gasteiger partial charge in [-0.25, -0.2) is 4.99 Å². The molecule has 2 rings (SSSR count). The monoisotopic (exact) mass is 331 g/mol. The smallest absolute Gasteiger partial charge is 0.243 e. The number of benzene rings is 1. The minimum Gasteiger partial charge on any atom is -0.367 e. The summed E-state index contributed by atoms with van der Waals surface area (Å²) < 4.78 is 0. The molecular weight excluding hydrogens is 302 g/mol. The topological polar surface area (TPSA) is 60.0 Å². The number of carbonyl (C=O) groups excluding carboxylic acids is 1. The number of para-hydroxylation sites is 1. The van der Waals surface area contributed by atoms with Crippen molar-refractivity contribution in [2.45, 2.75) is 26.3 Å². The van der Waals surface area contributed by atoms with Crippen LogP contribution in [0.5, 0.6) is 0 Å². The van der Waals surface area contributed by atoms with Gasteiger partial charge in [0.25, 0.3) is 0 Å². The van der Waals surface area contributed by atoms with E-state index in [0.717, 1.165) is 26.1 Å². The van der Waals surface area contributed by atoms with E-state index >= 15 is 0 Å². The Labute approximate surface area is 144 Å². The third kappa shape index (κ3) is 4.63. The predicted octanol–water partition coefficient (Wildman–Crippen LogP) is 1.08. The molecule has 132 valence electrons. The van der Waals surface area contributed by atoms with E-state index in [0.29, 0.717) is 12.0 Å². The normalized spacial score (nSPS) is 16.8. The van der Waals surface area contributed by atoms with E-state index in [4.69, 9.17) is 0 Å². The zero-order valence-electron chi connectivity index (χ0n) is 15.2. The largest absolute Gasteiger partial charge is 0.367 e. The van der Waals surface area contributed by atoms with Crippen LogP contribution in [-0.2, 0) is 11.2 Å². The Morgan fingerprint density at radius 2 is 2.08 bits per heavy atom. The summed E-state index contributed by atoms with van der Waals surface area (Å²) in [6.45, 7) is 6.89. The number of amides is 1. The molecule has 1 aromatic rings. The molecule has 2 N–H and O–H groups in total. The van der Waals surface area contributed by atoms with E-state index in [9.17, 15) is 4.79 Å². The van der Waals surface area contributed by atoms with Crippen LogP contribution in [0.1, 0.15) is 19.4 Å². The highest BCUT2D eigenvalue weighted by Crippen LogP contribution is 2.30. The van der Waals surface area contributed by atoms with Crippen molar-refractivity contribution in [2.24, 2.45) is 4.99 Å². The summed E-state index contributed by atoms with van der Waals surface area (Å²) in [5.41, 5.74) is 2.75. The fraction of sp³-hybridized carbons (Fsp3) is 0.556. The van der Waals surface area contributed by atoms with Gasteiger partial charge in [-0.15, -0.1) is 0 Å². The zero-order chi connectivity index (χ0) is 17.5. The second kappa shape index (κ2) is 8.57. The Morgan fingerprint density at radius 3 is 2.79 bits per heavy atom. The van der Waals surface area contributed by atoms with Gasteiger partial charge in [0.2, 0.25) is 5.91 Å². The summed E-state index contributed by atoms with van der Waals surface area (Å²) in [6.07, 6.45) is 1.10. The molecule has 1 aromatic carbocycles. The van der Waals surface area contributed by atoms with E-state index in [-0.39, 0.29) is 12.5 Å². The molecule has 1 amide bonds. The first-order chi connectivity index (χ1) is 11.5. The highest BCUT2D eigenvalue weighted by molar-refractivity contribution is 5.84. The predicted molar refractivity (Wildman–Crippen MR) is 99.6 cm³/mol. The van der Waals surface area contributed by atoms with Crippen LogP contribution in [0, 0.1) is 0 Å². The Kier molecular flexibility index (Phi) is 6.46. The average Bonchev–Trinajstić information content (AvgIpc) is 2.88. The van der Waals surface area contributed by atoms with Crippen molar-refractivity contribution < 1.29 is 4.79 Å². The molecular formula is C18H29N5O. The van der Waals surface area contributed by atoms with Crippen molar-refractivity contribution in [2.75, 3.05) is 45.2 Å². The van der Waals surface area contributed by atoms with Crippen LogP contribution >= 0.6 is 0 Å². The average molecular weight is 331 g/mol. The molecule has 1 atom stereocenters. The number of fused-ring (bicyclic) bond motifs is 1. The highest BCUT2D eigenvalue weighted by Gasteiger charge is 2.24. The highest BCUT2D eigenvalue weighted by atomic mass is 16.2. The molecule has 1 aliphatic rings. The number of carbonyl (C=O) groups is 1. The first kappa shape index (κ1) is 18.1. The van der Waals surface area contributed by atoms with Crippen molar-refractivity contribution in [3.63, 3.8) is 0 Å². The first-order valence-corrected chi connectivity index (χ1v) is 8.59. The van der Waals surface area contributed by atoms with E-state index in [2.05, 4.69) is 51.7 Å². The van der Waals surface area contributed by atoms with Crippen LogP contribution in [0.3, 0.4) is 0 Å². The molecule has 6 heteroatoms. The molecule has 0 bridgehead atoms. The number of hydrogen-bond acceptors (Lipinski definition) is 3. The lowest BCUT2D eigenvalue weighted by Crippen LogP contribution is -2.43. The van der Waals surface area contributed by atoms with E-state index in [1.807, 2.05) is 6.92 Å². The van der Waals surface area contributed by atoms with E-state index in [1.165, 1.54) is 11.3 Å². The van der Waals surface area contributed by atoms with Crippen molar-refractivity contribution in [3.05, 3.63) is 29.8 Å². The summed E-state index contributed by atoms with van der Waals surface area (Å²) in [4.78, 5) is 20.0. The fourth-order valence-electron chi connectivity index (χ4n) is 2.89. The number of anilines is 1. The van der Waals surface area contributed by atoms with Crippen molar-refractivity contribution in [3.8, 4) is 0 Å². The van der Waals surface area contributed by atoms with Crippen LogP contribution in [0.2, 0.25) is 0 Å². The van der Waals surface area contributed by atoms with Gasteiger partial charge < -0.3 is 20.4 Å². The minimum atomic E-state index is -0.00528. The molecule has 0 saturated carbocycles. The van der Waals surface area contributed by atoms with Gasteiger partial charge in [-0.2, -0.15) is 0 Å². The van der Waals surface area contributed by atoms with Gasteiger partial charge >= 0.3 is 0 Å². The van der Waals surface area contributed by atoms with Crippen molar-refractivity contribution in [1.82, 2.24) is 15.5 Å². The molecule has 0 fully saturated rings. The SMILES string of the molecule is CCNC(=NCC(=O)N(C)C)NCCN1c2ccccc2CC1C. The van der Waals surface area contributed by atoms with Crippen LogP contribution in [0.4, 0.5) is 5.69 Å². The standard InChI is InChI=1S/C18H29N5O/c1-5-19-18(21-13-17(24)22(3)4)20-10-11-23-14(2)12-15-8-6-7-9-16(15)23/h6-9,14H,5,10-13H2,1-4H3,(H2,19,20,21). The lowest BCUT2D eigenvalue weighted by molar-refractivity contribution is -0.127. The van der Waals surface area contributed by atoms with Gasteiger partial charge in [-0.05, 0) is 31.9 Å². The maximum Gasteiger partial charge on any atom is 0.243 e. The van der Waals surface area contributed by atoms with Crippen molar-refractivity contribution >= 4 is 17.6 Å². The molecule has 1 heterocycles. The number of likely N-dealkylation sites (N-methyl/N-ethyl adjacent to an activating group) is 1. The molecule has 0 aromatic heterocycles. The molecule has 0 radical (unpaired) electrons. The van der Waals surface area contributed by atoms with Gasteiger partial charge in [-0.1, -0.05) is 18.2 Å². The molecule has 0 aliphatic carbocycles. The molecule has 0 spiro atoms. The van der Waals surface area contributed by atoms with Gasteiger partial charge in [0.05, 0.1) is 0 Å². The molecule has 24 heavy (non-hydrogen) atoms. The Balaban J connectivity index is 1.89. The van der Waals surface area contributed by atoms with Gasteiger partial charge in [0.1, 0.15) is 6.54 Å². The number of hydrogen-bond donors (Lipinski definition) is 2. The van der Waals surface area contributed by atoms with Crippen LogP contribution in [-0.4, -0.2) is 63.1 Å². The number of guanidine groups is 1. The number of rotatable bonds is 6. The fourth-order valence-corrected chi connectivity index (χ4v) is 2.89. The third-order valence-corrected chi connectivity index (χ3v) is 4.21. The third-order valence-electron chi connectivity index (χ3n) is 4.21. The molecule has 6 nitrogen and oxygen atoms in total. The summed E-state index contributed by atoms with van der Waals surface area (Å²) >= 11 is 0. The maximum absolute atomic E-state index is 11.7.